The van der Waals surface area contributed by atoms with E-state index < -0.39 is 0 Å². The van der Waals surface area contributed by atoms with Crippen LogP contribution in [0.2, 0.25) is 0 Å². The fraction of sp³-hybridized carbons (Fsp3) is 0. The normalized spacial score (nSPS) is 11.5. The average Bonchev–Trinajstić information content (AvgIpc) is 3.19. The number of anilines is 2. The van der Waals surface area contributed by atoms with E-state index >= 15 is 0 Å². The summed E-state index contributed by atoms with van der Waals surface area (Å²) in [4.78, 5) is 5.94. The summed E-state index contributed by atoms with van der Waals surface area (Å²) in [6, 6.07) is 22.8. The lowest BCUT2D eigenvalue weighted by atomic mass is 10.2. The van der Waals surface area contributed by atoms with E-state index in [1.165, 1.54) is 15.6 Å². The van der Waals surface area contributed by atoms with Gasteiger partial charge >= 0.3 is 0 Å². The second-order valence-electron chi connectivity index (χ2n) is 5.47. The topological polar surface area (TPSA) is 29.3 Å². The molecule has 0 fully saturated rings. The van der Waals surface area contributed by atoms with Crippen molar-refractivity contribution in [3.05, 3.63) is 72.9 Å². The molecule has 0 saturated carbocycles. The van der Waals surface area contributed by atoms with Crippen LogP contribution in [0.5, 0.6) is 0 Å². The first-order valence-corrected chi connectivity index (χ1v) is 8.32. The van der Waals surface area contributed by atoms with E-state index in [9.17, 15) is 0 Å². The van der Waals surface area contributed by atoms with Crippen molar-refractivity contribution in [3.63, 3.8) is 0 Å². The Morgan fingerprint density at radius 3 is 2.61 bits per heavy atom. The summed E-state index contributed by atoms with van der Waals surface area (Å²) >= 11 is 1.73. The van der Waals surface area contributed by atoms with Gasteiger partial charge in [0.15, 0.2) is 5.82 Å². The van der Waals surface area contributed by atoms with Gasteiger partial charge in [-0.25, -0.2) is 4.98 Å². The van der Waals surface area contributed by atoms with E-state index in [4.69, 9.17) is 4.98 Å². The van der Waals surface area contributed by atoms with Crippen molar-refractivity contribution in [2.24, 2.45) is 0 Å². The molecular formula is C19H13N3S. The van der Waals surface area contributed by atoms with Crippen molar-refractivity contribution in [3.8, 4) is 0 Å². The molecule has 0 unspecified atom stereocenters. The fourth-order valence-electron chi connectivity index (χ4n) is 3.01. The van der Waals surface area contributed by atoms with Crippen LogP contribution < -0.4 is 5.32 Å². The first-order chi connectivity index (χ1) is 11.4. The zero-order valence-corrected chi connectivity index (χ0v) is 13.0. The zero-order valence-electron chi connectivity index (χ0n) is 12.2. The number of para-hydroxylation sites is 1. The largest absolute Gasteiger partial charge is 0.338 e. The SMILES string of the molecule is c1ccc(Nc2nc3sc4ccccc4c3n3cccc23)cc1. The average molecular weight is 315 g/mol. The van der Waals surface area contributed by atoms with Crippen LogP contribution in [0.4, 0.5) is 11.5 Å². The van der Waals surface area contributed by atoms with Crippen LogP contribution in [0.3, 0.4) is 0 Å². The van der Waals surface area contributed by atoms with Crippen LogP contribution in [0, 0.1) is 0 Å². The number of nitrogens with one attached hydrogen (secondary N) is 1. The molecular weight excluding hydrogens is 302 g/mol. The standard InChI is InChI=1S/C19H13N3S/c1-2-7-13(8-3-1)20-18-15-10-6-12-22(15)17-14-9-4-5-11-16(14)23-19(17)21-18/h1-12H,(H,20,21). The molecule has 3 nitrogen and oxygen atoms in total. The summed E-state index contributed by atoms with van der Waals surface area (Å²) in [5, 5.41) is 4.70. The molecule has 3 heterocycles. The van der Waals surface area contributed by atoms with Crippen LogP contribution >= 0.6 is 11.3 Å². The molecule has 0 atom stereocenters. The summed E-state index contributed by atoms with van der Waals surface area (Å²) in [5.41, 5.74) is 3.32. The Morgan fingerprint density at radius 1 is 0.870 bits per heavy atom. The molecule has 0 aliphatic heterocycles. The number of fused-ring (bicyclic) bond motifs is 5. The maximum absolute atomic E-state index is 4.89. The predicted octanol–water partition coefficient (Wildman–Crippen LogP) is 5.45. The number of hydrogen-bond donors (Lipinski definition) is 1. The number of nitrogens with zero attached hydrogens (tertiary/aromatic N) is 2. The minimum absolute atomic E-state index is 0.889. The van der Waals surface area contributed by atoms with Crippen LogP contribution in [0.1, 0.15) is 0 Å². The molecule has 110 valence electrons. The Hall–Kier alpha value is -2.85. The van der Waals surface area contributed by atoms with Gasteiger partial charge in [0.1, 0.15) is 4.83 Å². The molecule has 5 aromatic rings. The molecule has 2 aromatic carbocycles. The van der Waals surface area contributed by atoms with E-state index in [1.807, 2.05) is 18.2 Å². The lowest BCUT2D eigenvalue weighted by molar-refractivity contribution is 1.24. The van der Waals surface area contributed by atoms with Crippen LogP contribution in [-0.2, 0) is 0 Å². The second-order valence-corrected chi connectivity index (χ2v) is 6.50. The van der Waals surface area contributed by atoms with Crippen molar-refractivity contribution in [2.75, 3.05) is 5.32 Å². The molecule has 0 saturated heterocycles. The van der Waals surface area contributed by atoms with Gasteiger partial charge in [-0.3, -0.25) is 0 Å². The zero-order chi connectivity index (χ0) is 15.2. The molecule has 5 rings (SSSR count). The lowest BCUT2D eigenvalue weighted by Crippen LogP contribution is -1.97. The Kier molecular flexibility index (Phi) is 2.66. The quantitative estimate of drug-likeness (QED) is 0.469. The summed E-state index contributed by atoms with van der Waals surface area (Å²) in [6.07, 6.45) is 2.11. The second kappa shape index (κ2) is 4.83. The molecule has 0 aliphatic carbocycles. The van der Waals surface area contributed by atoms with Gasteiger partial charge in [0.2, 0.25) is 0 Å². The summed E-state index contributed by atoms with van der Waals surface area (Å²) < 4.78 is 3.49. The third kappa shape index (κ3) is 1.92. The highest BCUT2D eigenvalue weighted by molar-refractivity contribution is 7.25. The van der Waals surface area contributed by atoms with Gasteiger partial charge in [0, 0.05) is 22.0 Å². The van der Waals surface area contributed by atoms with Crippen molar-refractivity contribution in [1.29, 1.82) is 0 Å². The summed E-state index contributed by atoms with van der Waals surface area (Å²) in [5.74, 6) is 0.889. The van der Waals surface area contributed by atoms with Crippen molar-refractivity contribution in [1.82, 2.24) is 9.38 Å². The van der Waals surface area contributed by atoms with Crippen molar-refractivity contribution >= 4 is 48.8 Å². The third-order valence-corrected chi connectivity index (χ3v) is 5.09. The van der Waals surface area contributed by atoms with Crippen molar-refractivity contribution in [2.45, 2.75) is 0 Å². The molecule has 0 aliphatic rings. The van der Waals surface area contributed by atoms with Gasteiger partial charge in [-0.2, -0.15) is 0 Å². The molecule has 1 N–H and O–H groups in total. The van der Waals surface area contributed by atoms with Crippen LogP contribution in [-0.4, -0.2) is 9.38 Å². The van der Waals surface area contributed by atoms with E-state index in [0.717, 1.165) is 21.9 Å². The lowest BCUT2D eigenvalue weighted by Gasteiger charge is -2.09. The van der Waals surface area contributed by atoms with Gasteiger partial charge in [-0.05, 0) is 30.3 Å². The number of aromatic nitrogens is 2. The number of rotatable bonds is 2. The Morgan fingerprint density at radius 2 is 1.70 bits per heavy atom. The van der Waals surface area contributed by atoms with E-state index in [1.54, 1.807) is 11.3 Å². The monoisotopic (exact) mass is 315 g/mol. The Bertz CT molecular complexity index is 1140. The van der Waals surface area contributed by atoms with Gasteiger partial charge in [0.25, 0.3) is 0 Å². The third-order valence-electron chi connectivity index (χ3n) is 4.03. The molecule has 4 heteroatoms. The maximum atomic E-state index is 4.89. The minimum Gasteiger partial charge on any atom is -0.338 e. The summed E-state index contributed by atoms with van der Waals surface area (Å²) in [6.45, 7) is 0. The van der Waals surface area contributed by atoms with E-state index in [0.29, 0.717) is 0 Å². The first-order valence-electron chi connectivity index (χ1n) is 7.50. The molecule has 0 bridgehead atoms. The number of benzene rings is 2. The molecule has 0 amide bonds. The molecule has 0 radical (unpaired) electrons. The van der Waals surface area contributed by atoms with Gasteiger partial charge < -0.3 is 9.72 Å². The highest BCUT2D eigenvalue weighted by Crippen LogP contribution is 2.35. The Labute approximate surface area is 136 Å². The molecule has 3 aromatic heterocycles. The van der Waals surface area contributed by atoms with E-state index in [-0.39, 0.29) is 0 Å². The summed E-state index contributed by atoms with van der Waals surface area (Å²) in [7, 11) is 0. The van der Waals surface area contributed by atoms with Crippen LogP contribution in [0.25, 0.3) is 25.9 Å². The minimum atomic E-state index is 0.889. The predicted molar refractivity (Wildman–Crippen MR) is 97.8 cm³/mol. The van der Waals surface area contributed by atoms with Crippen molar-refractivity contribution < 1.29 is 0 Å². The fourth-order valence-corrected chi connectivity index (χ4v) is 4.08. The first kappa shape index (κ1) is 12.7. The maximum Gasteiger partial charge on any atom is 0.156 e. The molecule has 23 heavy (non-hydrogen) atoms. The highest BCUT2D eigenvalue weighted by Gasteiger charge is 2.13. The van der Waals surface area contributed by atoms with Gasteiger partial charge in [0.05, 0.1) is 11.0 Å². The smallest absolute Gasteiger partial charge is 0.156 e. The van der Waals surface area contributed by atoms with Crippen LogP contribution in [0.15, 0.2) is 72.9 Å². The molecule has 0 spiro atoms. The Balaban J connectivity index is 1.82. The van der Waals surface area contributed by atoms with Gasteiger partial charge in [-0.15, -0.1) is 11.3 Å². The number of thiophene rings is 1. The number of hydrogen-bond acceptors (Lipinski definition) is 3. The van der Waals surface area contributed by atoms with Gasteiger partial charge in [-0.1, -0.05) is 36.4 Å². The highest BCUT2D eigenvalue weighted by atomic mass is 32.1. The van der Waals surface area contributed by atoms with E-state index in [2.05, 4.69) is 64.4 Å².